The minimum atomic E-state index is -1.57. The second-order valence-corrected chi connectivity index (χ2v) is 13.5. The number of carbonyl (C=O) groups is 4. The number of hydrogen-bond donors (Lipinski definition) is 2. The number of allylic oxidation sites excluding steroid dienone is 3. The number of halogens is 2. The van der Waals surface area contributed by atoms with Gasteiger partial charge in [-0.15, -0.1) is 6.58 Å². The van der Waals surface area contributed by atoms with Gasteiger partial charge in [-0.05, 0) is 79.1 Å². The molecule has 6 atom stereocenters. The molecule has 3 aromatic carbocycles. The first kappa shape index (κ1) is 31.8. The van der Waals surface area contributed by atoms with Crippen molar-refractivity contribution in [2.75, 3.05) is 12.0 Å². The lowest BCUT2D eigenvalue weighted by molar-refractivity contribution is -0.141. The molecule has 2 aliphatic heterocycles. The molecule has 4 amide bonds. The molecule has 0 aromatic heterocycles. The number of likely N-dealkylation sites (tertiary alicyclic amines) is 1. The number of carbonyl (C=O) groups excluding carboxylic acids is 4. The smallest absolute Gasteiger partial charge is 0.260 e. The van der Waals surface area contributed by atoms with E-state index in [1.165, 1.54) is 29.2 Å². The van der Waals surface area contributed by atoms with Crippen LogP contribution < -0.4 is 5.43 Å². The zero-order chi connectivity index (χ0) is 33.9. The van der Waals surface area contributed by atoms with Crippen LogP contribution in [0.4, 0.5) is 10.1 Å². The largest absolute Gasteiger partial charge is 0.507 e. The summed E-state index contributed by atoms with van der Waals surface area (Å²) in [6, 6.07) is 17.5. The Morgan fingerprint density at radius 1 is 1.00 bits per heavy atom. The van der Waals surface area contributed by atoms with E-state index in [4.69, 9.17) is 11.6 Å². The Morgan fingerprint density at radius 2 is 1.73 bits per heavy atom. The van der Waals surface area contributed by atoms with Crippen molar-refractivity contribution in [3.05, 3.63) is 119 Å². The van der Waals surface area contributed by atoms with Crippen LogP contribution in [-0.2, 0) is 31.0 Å². The average Bonchev–Trinajstić information content (AvgIpc) is 3.44. The number of hydrogen-bond acceptors (Lipinski definition) is 6. The predicted octanol–water partition coefficient (Wildman–Crippen LogP) is 6.31. The fraction of sp³-hybridized carbons (Fsp3) is 0.316. The molecule has 4 aliphatic rings. The number of benzene rings is 3. The normalized spacial score (nSPS) is 27.8. The molecule has 2 N–H and O–H groups in total. The number of imide groups is 2. The number of hydrazine groups is 1. The van der Waals surface area contributed by atoms with E-state index in [-0.39, 0.29) is 24.0 Å². The van der Waals surface area contributed by atoms with E-state index in [1.807, 2.05) is 13.0 Å². The van der Waals surface area contributed by atoms with Gasteiger partial charge in [-0.3, -0.25) is 29.5 Å². The number of nitrogens with one attached hydrogen (secondary N) is 1. The molecule has 8 nitrogen and oxygen atoms in total. The van der Waals surface area contributed by atoms with Crippen molar-refractivity contribution in [1.29, 1.82) is 0 Å². The van der Waals surface area contributed by atoms with Gasteiger partial charge < -0.3 is 5.11 Å². The highest BCUT2D eigenvalue weighted by Gasteiger charge is 2.70. The summed E-state index contributed by atoms with van der Waals surface area (Å²) in [5.74, 6) is -5.71. The number of anilines is 1. The second kappa shape index (κ2) is 12.0. The highest BCUT2D eigenvalue weighted by Crippen LogP contribution is 2.65. The SMILES string of the molecule is C=CCc1cccc([C@H]2C3=CC[C@@H]4C(=O)N(CCC)C(=O)[C@@H]4[C@@H]3C[C@H]3C(=O)N(Nc4ccc(F)cc4)C(=O)[C@@]23c2ccc(Cl)cc2)c1O. The van der Waals surface area contributed by atoms with E-state index in [0.717, 1.165) is 10.6 Å². The molecule has 246 valence electrons. The Morgan fingerprint density at radius 3 is 2.42 bits per heavy atom. The Labute approximate surface area is 282 Å². The molecule has 1 saturated carbocycles. The van der Waals surface area contributed by atoms with Gasteiger partial charge in [0.1, 0.15) is 11.6 Å². The minimum absolute atomic E-state index is 0.0233. The van der Waals surface area contributed by atoms with Gasteiger partial charge in [-0.1, -0.05) is 66.6 Å². The Hall–Kier alpha value is -4.76. The predicted molar refractivity (Wildman–Crippen MR) is 178 cm³/mol. The monoisotopic (exact) mass is 667 g/mol. The number of phenolic OH excluding ortho intramolecular Hbond substituents is 1. The van der Waals surface area contributed by atoms with Crippen LogP contribution in [0, 0.1) is 29.5 Å². The molecule has 0 unspecified atom stereocenters. The van der Waals surface area contributed by atoms with Crippen molar-refractivity contribution in [3.8, 4) is 5.75 Å². The quantitative estimate of drug-likeness (QED) is 0.216. The lowest BCUT2D eigenvalue weighted by Crippen LogP contribution is -2.53. The summed E-state index contributed by atoms with van der Waals surface area (Å²) in [7, 11) is 0. The van der Waals surface area contributed by atoms with Crippen molar-refractivity contribution in [3.63, 3.8) is 0 Å². The van der Waals surface area contributed by atoms with Gasteiger partial charge in [0.05, 0.1) is 28.9 Å². The maximum Gasteiger partial charge on any atom is 0.260 e. The molecule has 2 aliphatic carbocycles. The van der Waals surface area contributed by atoms with E-state index in [9.17, 15) is 23.9 Å². The maximum atomic E-state index is 15.2. The van der Waals surface area contributed by atoms with Crippen molar-refractivity contribution in [2.45, 2.75) is 43.9 Å². The standard InChI is InChI=1S/C38H35ClFN3O5/c1-3-6-21-7-5-8-28(33(21)44)32-26-17-18-27-31(36(47)42(19-4-2)34(27)45)29(26)20-30-35(46)43(41-25-15-13-24(40)14-16-25)37(48)38(30,32)22-9-11-23(39)12-10-22/h3,5,7-17,27,29-32,41,44H,1,4,6,18-20H2,2H3/t27-,29+,30-,31-,32+,38+/m0/s1. The molecule has 3 fully saturated rings. The number of para-hydroxylation sites is 1. The first-order valence-corrected chi connectivity index (χ1v) is 16.6. The summed E-state index contributed by atoms with van der Waals surface area (Å²) in [5.41, 5.74) is 4.01. The summed E-state index contributed by atoms with van der Waals surface area (Å²) >= 11 is 6.34. The molecule has 2 saturated heterocycles. The summed E-state index contributed by atoms with van der Waals surface area (Å²) in [6.07, 6.45) is 5.04. The molecular formula is C38H35ClFN3O5. The van der Waals surface area contributed by atoms with Crippen LogP contribution in [0.25, 0.3) is 0 Å². The molecular weight excluding hydrogens is 633 g/mol. The molecule has 2 heterocycles. The molecule has 0 spiro atoms. The molecule has 3 aromatic rings. The summed E-state index contributed by atoms with van der Waals surface area (Å²) in [4.78, 5) is 58.7. The van der Waals surface area contributed by atoms with Crippen molar-refractivity contribution >= 4 is 40.9 Å². The number of amides is 4. The van der Waals surface area contributed by atoms with Gasteiger partial charge in [0.25, 0.3) is 11.8 Å². The highest BCUT2D eigenvalue weighted by atomic mass is 35.5. The molecule has 0 bridgehead atoms. The van der Waals surface area contributed by atoms with Gasteiger partial charge in [-0.2, -0.15) is 5.01 Å². The van der Waals surface area contributed by atoms with E-state index < -0.39 is 52.6 Å². The molecule has 7 rings (SSSR count). The molecule has 10 heteroatoms. The summed E-state index contributed by atoms with van der Waals surface area (Å²) < 4.78 is 13.8. The van der Waals surface area contributed by atoms with Crippen molar-refractivity contribution < 1.29 is 28.7 Å². The van der Waals surface area contributed by atoms with E-state index in [0.29, 0.717) is 53.2 Å². The van der Waals surface area contributed by atoms with Crippen LogP contribution in [0.5, 0.6) is 5.75 Å². The third-order valence-electron chi connectivity index (χ3n) is 10.6. The Bertz CT molecular complexity index is 1880. The number of phenols is 1. The maximum absolute atomic E-state index is 15.2. The first-order valence-electron chi connectivity index (χ1n) is 16.3. The summed E-state index contributed by atoms with van der Waals surface area (Å²) in [6.45, 7) is 6.05. The topological polar surface area (TPSA) is 107 Å². The van der Waals surface area contributed by atoms with Crippen LogP contribution in [0.3, 0.4) is 0 Å². The van der Waals surface area contributed by atoms with Gasteiger partial charge in [-0.25, -0.2) is 4.39 Å². The van der Waals surface area contributed by atoms with E-state index in [2.05, 4.69) is 12.0 Å². The molecule has 0 radical (unpaired) electrons. The summed E-state index contributed by atoms with van der Waals surface area (Å²) in [5, 5.41) is 13.3. The van der Waals surface area contributed by atoms with Crippen LogP contribution in [-0.4, -0.2) is 45.2 Å². The highest BCUT2D eigenvalue weighted by molar-refractivity contribution is 6.30. The third kappa shape index (κ3) is 4.62. The van der Waals surface area contributed by atoms with Crippen LogP contribution in [0.1, 0.15) is 48.8 Å². The fourth-order valence-corrected chi connectivity index (χ4v) is 8.80. The van der Waals surface area contributed by atoms with Crippen LogP contribution in [0.15, 0.2) is 91.0 Å². The average molecular weight is 668 g/mol. The molecule has 48 heavy (non-hydrogen) atoms. The van der Waals surface area contributed by atoms with Gasteiger partial charge >= 0.3 is 0 Å². The van der Waals surface area contributed by atoms with Gasteiger partial charge in [0.15, 0.2) is 0 Å². The fourth-order valence-electron chi connectivity index (χ4n) is 8.67. The number of aromatic hydroxyl groups is 1. The van der Waals surface area contributed by atoms with Crippen molar-refractivity contribution in [1.82, 2.24) is 9.91 Å². The first-order chi connectivity index (χ1) is 23.1. The van der Waals surface area contributed by atoms with Crippen LogP contribution >= 0.6 is 11.6 Å². The van der Waals surface area contributed by atoms with Crippen molar-refractivity contribution in [2.24, 2.45) is 23.7 Å². The third-order valence-corrected chi connectivity index (χ3v) is 10.9. The lowest BCUT2D eigenvalue weighted by Gasteiger charge is -2.50. The second-order valence-electron chi connectivity index (χ2n) is 13.0. The zero-order valence-electron chi connectivity index (χ0n) is 26.4. The Kier molecular flexibility index (Phi) is 7.98. The number of nitrogens with zero attached hydrogens (tertiary/aromatic N) is 2. The van der Waals surface area contributed by atoms with Gasteiger partial charge in [0.2, 0.25) is 11.8 Å². The number of rotatable bonds is 8. The van der Waals surface area contributed by atoms with Crippen LogP contribution in [0.2, 0.25) is 5.02 Å². The number of fused-ring (bicyclic) bond motifs is 4. The lowest BCUT2D eigenvalue weighted by atomic mass is 9.49. The van der Waals surface area contributed by atoms with Gasteiger partial charge in [0, 0.05) is 23.0 Å². The minimum Gasteiger partial charge on any atom is -0.507 e. The Balaban J connectivity index is 1.48. The van der Waals surface area contributed by atoms with E-state index in [1.54, 1.807) is 48.5 Å². The van der Waals surface area contributed by atoms with E-state index >= 15 is 4.79 Å². The zero-order valence-corrected chi connectivity index (χ0v) is 27.1.